The molecule has 180 valence electrons. The van der Waals surface area contributed by atoms with E-state index in [0.717, 1.165) is 24.2 Å². The molecule has 2 heterocycles. The number of thiophene rings is 1. The highest BCUT2D eigenvalue weighted by atomic mass is 35.5. The molecule has 0 fully saturated rings. The Morgan fingerprint density at radius 1 is 1.35 bits per heavy atom. The van der Waals surface area contributed by atoms with Crippen LogP contribution in [0.15, 0.2) is 35.3 Å². The minimum atomic E-state index is -0.204. The summed E-state index contributed by atoms with van der Waals surface area (Å²) in [4.78, 5) is 14.2. The lowest BCUT2D eigenvalue weighted by atomic mass is 9.88. The molecule has 1 atom stereocenters. The number of thioether (sulfide) groups is 1. The number of allylic oxidation sites excluding steroid dienone is 1. The quantitative estimate of drug-likeness (QED) is 0.288. The van der Waals surface area contributed by atoms with E-state index in [9.17, 15) is 4.79 Å². The lowest BCUT2D eigenvalue weighted by Gasteiger charge is -2.19. The summed E-state index contributed by atoms with van der Waals surface area (Å²) in [5.41, 5.74) is 3.02. The van der Waals surface area contributed by atoms with Gasteiger partial charge in [0, 0.05) is 34.5 Å². The summed E-state index contributed by atoms with van der Waals surface area (Å²) < 4.78 is 12.6. The maximum atomic E-state index is 12.7. The summed E-state index contributed by atoms with van der Waals surface area (Å²) >= 11 is 9.29. The Morgan fingerprint density at radius 2 is 2.15 bits per heavy atom. The van der Waals surface area contributed by atoms with Crippen molar-refractivity contribution in [2.24, 2.45) is 5.92 Å². The first-order valence-corrected chi connectivity index (χ1v) is 13.2. The standard InChI is InChI=1S/C24H27ClN4O3S2/c1-5-8-29-23(16-12-33-21-9-14(2)6-7-15(16)21)27-28-24(29)34-13-22(30)26-18-11-19(31-3)17(25)10-20(18)32-4/h5,10-12,14H,1,6-9,13H2,2-4H3,(H,26,30). The average Bonchev–Trinajstić information content (AvgIpc) is 3.42. The Kier molecular flexibility index (Phi) is 7.85. The summed E-state index contributed by atoms with van der Waals surface area (Å²) in [6.07, 6.45) is 5.19. The molecule has 2 aromatic heterocycles. The summed E-state index contributed by atoms with van der Waals surface area (Å²) in [6, 6.07) is 3.25. The molecular formula is C24H27ClN4O3S2. The zero-order chi connectivity index (χ0) is 24.2. The molecule has 10 heteroatoms. The fraction of sp³-hybridized carbons (Fsp3) is 0.375. The Bertz CT molecular complexity index is 1210. The number of carbonyl (C=O) groups excluding carboxylic acids is 1. The van der Waals surface area contributed by atoms with Crippen molar-refractivity contribution in [1.82, 2.24) is 14.8 Å². The van der Waals surface area contributed by atoms with Gasteiger partial charge in [-0.2, -0.15) is 0 Å². The SMILES string of the molecule is C=CCn1c(SCC(=O)Nc2cc(OC)c(Cl)cc2OC)nnc1-c1csc2c1CCC(C)C2. The van der Waals surface area contributed by atoms with E-state index < -0.39 is 0 Å². The van der Waals surface area contributed by atoms with Crippen LogP contribution in [0, 0.1) is 5.92 Å². The van der Waals surface area contributed by atoms with Gasteiger partial charge in [-0.25, -0.2) is 0 Å². The van der Waals surface area contributed by atoms with Crippen LogP contribution in [0.3, 0.4) is 0 Å². The van der Waals surface area contributed by atoms with E-state index in [2.05, 4.69) is 34.4 Å². The number of ether oxygens (including phenoxy) is 2. The molecule has 0 bridgehead atoms. The van der Waals surface area contributed by atoms with Crippen LogP contribution in [-0.2, 0) is 24.2 Å². The molecule has 0 spiro atoms. The third-order valence-electron chi connectivity index (χ3n) is 5.75. The van der Waals surface area contributed by atoms with Gasteiger partial charge in [-0.05, 0) is 30.7 Å². The first kappa shape index (κ1) is 24.6. The molecular weight excluding hydrogens is 492 g/mol. The molecule has 0 radical (unpaired) electrons. The molecule has 1 aliphatic carbocycles. The number of aromatic nitrogens is 3. The molecule has 4 rings (SSSR count). The zero-order valence-corrected chi connectivity index (χ0v) is 21.8. The summed E-state index contributed by atoms with van der Waals surface area (Å²) in [5.74, 6) is 2.41. The number of nitrogens with zero attached hydrogens (tertiary/aromatic N) is 3. The van der Waals surface area contributed by atoms with Crippen LogP contribution < -0.4 is 14.8 Å². The first-order valence-electron chi connectivity index (χ1n) is 10.9. The second-order valence-electron chi connectivity index (χ2n) is 8.13. The molecule has 0 saturated carbocycles. The number of halogens is 1. The van der Waals surface area contributed by atoms with Gasteiger partial charge in [0.15, 0.2) is 11.0 Å². The Hall–Kier alpha value is -2.49. The number of amides is 1. The smallest absolute Gasteiger partial charge is 0.234 e. The topological polar surface area (TPSA) is 78.3 Å². The van der Waals surface area contributed by atoms with E-state index in [0.29, 0.717) is 39.8 Å². The summed E-state index contributed by atoms with van der Waals surface area (Å²) in [5, 5.41) is 15.0. The monoisotopic (exact) mass is 518 g/mol. The van der Waals surface area contributed by atoms with Gasteiger partial charge in [0.25, 0.3) is 0 Å². The van der Waals surface area contributed by atoms with E-state index in [4.69, 9.17) is 21.1 Å². The number of methoxy groups -OCH3 is 2. The predicted octanol–water partition coefficient (Wildman–Crippen LogP) is 5.72. The largest absolute Gasteiger partial charge is 0.495 e. The Morgan fingerprint density at radius 3 is 2.88 bits per heavy atom. The number of hydrogen-bond acceptors (Lipinski definition) is 7. The van der Waals surface area contributed by atoms with Crippen molar-refractivity contribution in [2.75, 3.05) is 25.3 Å². The Labute approximate surface area is 212 Å². The fourth-order valence-electron chi connectivity index (χ4n) is 4.03. The number of carbonyl (C=O) groups is 1. The second-order valence-corrected chi connectivity index (χ2v) is 10.4. The predicted molar refractivity (Wildman–Crippen MR) is 139 cm³/mol. The van der Waals surface area contributed by atoms with Crippen LogP contribution >= 0.6 is 34.7 Å². The van der Waals surface area contributed by atoms with Crippen molar-refractivity contribution < 1.29 is 14.3 Å². The van der Waals surface area contributed by atoms with Crippen LogP contribution in [0.1, 0.15) is 23.8 Å². The molecule has 1 unspecified atom stereocenters. The lowest BCUT2D eigenvalue weighted by molar-refractivity contribution is -0.113. The molecule has 1 N–H and O–H groups in total. The fourth-order valence-corrected chi connectivity index (χ4v) is 6.25. The van der Waals surface area contributed by atoms with Crippen LogP contribution in [0.25, 0.3) is 11.4 Å². The van der Waals surface area contributed by atoms with Gasteiger partial charge in [-0.15, -0.1) is 28.1 Å². The number of nitrogens with one attached hydrogen (secondary N) is 1. The Balaban J connectivity index is 1.51. The molecule has 1 aliphatic rings. The molecule has 3 aromatic rings. The molecule has 7 nitrogen and oxygen atoms in total. The van der Waals surface area contributed by atoms with E-state index >= 15 is 0 Å². The van der Waals surface area contributed by atoms with E-state index in [1.54, 1.807) is 23.5 Å². The maximum absolute atomic E-state index is 12.7. The van der Waals surface area contributed by atoms with Crippen LogP contribution in [0.5, 0.6) is 11.5 Å². The van der Waals surface area contributed by atoms with Crippen molar-refractivity contribution >= 4 is 46.3 Å². The first-order chi connectivity index (χ1) is 16.4. The third-order valence-corrected chi connectivity index (χ3v) is 8.06. The highest BCUT2D eigenvalue weighted by Gasteiger charge is 2.24. The van der Waals surface area contributed by atoms with Gasteiger partial charge in [0.05, 0.1) is 30.7 Å². The van der Waals surface area contributed by atoms with Crippen LogP contribution in [-0.4, -0.2) is 40.6 Å². The van der Waals surface area contributed by atoms with Crippen molar-refractivity contribution in [3.63, 3.8) is 0 Å². The van der Waals surface area contributed by atoms with Crippen LogP contribution in [0.2, 0.25) is 5.02 Å². The van der Waals surface area contributed by atoms with Gasteiger partial charge < -0.3 is 14.8 Å². The molecule has 0 aliphatic heterocycles. The molecule has 1 amide bonds. The van der Waals surface area contributed by atoms with Crippen molar-refractivity contribution in [3.05, 3.63) is 45.6 Å². The maximum Gasteiger partial charge on any atom is 0.234 e. The van der Waals surface area contributed by atoms with Gasteiger partial charge in [0.1, 0.15) is 11.5 Å². The van der Waals surface area contributed by atoms with Crippen molar-refractivity contribution in [3.8, 4) is 22.9 Å². The normalized spacial score (nSPS) is 15.0. The highest BCUT2D eigenvalue weighted by molar-refractivity contribution is 7.99. The van der Waals surface area contributed by atoms with E-state index in [1.807, 2.05) is 10.6 Å². The zero-order valence-electron chi connectivity index (χ0n) is 19.4. The van der Waals surface area contributed by atoms with Crippen molar-refractivity contribution in [1.29, 1.82) is 0 Å². The van der Waals surface area contributed by atoms with Gasteiger partial charge >= 0.3 is 0 Å². The molecule has 0 saturated heterocycles. The third kappa shape index (κ3) is 5.11. The van der Waals surface area contributed by atoms with Gasteiger partial charge in [-0.1, -0.05) is 36.4 Å². The molecule has 1 aromatic carbocycles. The summed E-state index contributed by atoms with van der Waals surface area (Å²) in [6.45, 7) is 6.76. The van der Waals surface area contributed by atoms with Crippen molar-refractivity contribution in [2.45, 2.75) is 37.9 Å². The summed E-state index contributed by atoms with van der Waals surface area (Å²) in [7, 11) is 3.04. The number of anilines is 1. The minimum absolute atomic E-state index is 0.155. The number of hydrogen-bond donors (Lipinski definition) is 1. The average molecular weight is 519 g/mol. The van der Waals surface area contributed by atoms with Crippen LogP contribution in [0.4, 0.5) is 5.69 Å². The van der Waals surface area contributed by atoms with Gasteiger partial charge in [0.2, 0.25) is 5.91 Å². The van der Waals surface area contributed by atoms with E-state index in [1.165, 1.54) is 42.8 Å². The number of fused-ring (bicyclic) bond motifs is 1. The number of benzene rings is 1. The highest BCUT2D eigenvalue weighted by Crippen LogP contribution is 2.39. The lowest BCUT2D eigenvalue weighted by Crippen LogP contribution is -2.15. The van der Waals surface area contributed by atoms with Gasteiger partial charge in [-0.3, -0.25) is 9.36 Å². The number of rotatable bonds is 9. The minimum Gasteiger partial charge on any atom is -0.495 e. The molecule has 34 heavy (non-hydrogen) atoms. The van der Waals surface area contributed by atoms with E-state index in [-0.39, 0.29) is 11.7 Å². The second kappa shape index (κ2) is 10.8.